The van der Waals surface area contributed by atoms with Crippen LogP contribution in [0.3, 0.4) is 0 Å². The molecule has 0 amide bonds. The number of hydrogen-bond donors (Lipinski definition) is 2. The van der Waals surface area contributed by atoms with Crippen LogP contribution < -0.4 is 0 Å². The van der Waals surface area contributed by atoms with Gasteiger partial charge in [-0.1, -0.05) is 41.5 Å². The highest BCUT2D eigenvalue weighted by molar-refractivity contribution is 7.51. The van der Waals surface area contributed by atoms with E-state index >= 15 is 0 Å². The lowest BCUT2D eigenvalue weighted by atomic mass is 9.68. The van der Waals surface area contributed by atoms with Gasteiger partial charge in [-0.15, -0.1) is 0 Å². The summed E-state index contributed by atoms with van der Waals surface area (Å²) in [6.07, 6.45) is -0.0278. The zero-order valence-corrected chi connectivity index (χ0v) is 10.9. The fourth-order valence-electron chi connectivity index (χ4n) is 2.08. The zero-order chi connectivity index (χ0) is 11.8. The first-order chi connectivity index (χ1) is 5.84. The Bertz CT molecular complexity index is 215. The minimum absolute atomic E-state index is 0.0100. The average molecular weight is 222 g/mol. The summed E-state index contributed by atoms with van der Waals surface area (Å²) in [5, 5.41) is 0. The molecule has 2 N–H and O–H groups in total. The highest BCUT2D eigenvalue weighted by Gasteiger charge is 2.38. The Hall–Kier alpha value is 0.150. The zero-order valence-electron chi connectivity index (χ0n) is 10.0. The second-order valence-corrected chi connectivity index (χ2v) is 7.83. The SMILES string of the molecule is CC(C)(C)C(CP(=O)(O)O)C(C)(C)C. The minimum Gasteiger partial charge on any atom is -0.324 e. The van der Waals surface area contributed by atoms with Crippen LogP contribution in [0.5, 0.6) is 0 Å². The summed E-state index contributed by atoms with van der Waals surface area (Å²) in [7, 11) is -3.91. The molecule has 0 radical (unpaired) electrons. The lowest BCUT2D eigenvalue weighted by molar-refractivity contribution is 0.117. The van der Waals surface area contributed by atoms with E-state index in [4.69, 9.17) is 9.79 Å². The molecule has 0 aromatic heterocycles. The van der Waals surface area contributed by atoms with Crippen LogP contribution in [0.25, 0.3) is 0 Å². The van der Waals surface area contributed by atoms with Crippen molar-refractivity contribution in [3.8, 4) is 0 Å². The second-order valence-electron chi connectivity index (χ2n) is 6.13. The molecule has 0 rings (SSSR count). The molecule has 0 bridgehead atoms. The molecule has 0 aliphatic heterocycles. The summed E-state index contributed by atoms with van der Waals surface area (Å²) in [5.74, 6) is 0.0100. The van der Waals surface area contributed by atoms with Crippen molar-refractivity contribution < 1.29 is 14.4 Å². The summed E-state index contributed by atoms with van der Waals surface area (Å²) >= 11 is 0. The Labute approximate surface area is 87.1 Å². The Kier molecular flexibility index (Phi) is 4.00. The molecular weight excluding hydrogens is 199 g/mol. The summed E-state index contributed by atoms with van der Waals surface area (Å²) in [5.41, 5.74) is -0.168. The first kappa shape index (κ1) is 14.2. The lowest BCUT2D eigenvalue weighted by Gasteiger charge is -2.40. The molecule has 0 saturated carbocycles. The summed E-state index contributed by atoms with van der Waals surface area (Å²) in [4.78, 5) is 18.1. The predicted octanol–water partition coefficient (Wildman–Crippen LogP) is 2.87. The standard InChI is InChI=1S/C10H23O3P/c1-9(2,3)8(10(4,5)6)7-14(11,12)13/h8H,7H2,1-6H3,(H2,11,12,13). The van der Waals surface area contributed by atoms with Crippen molar-refractivity contribution in [2.75, 3.05) is 6.16 Å². The maximum absolute atomic E-state index is 11.0. The van der Waals surface area contributed by atoms with Crippen molar-refractivity contribution in [2.24, 2.45) is 16.7 Å². The largest absolute Gasteiger partial charge is 0.325 e. The normalized spacial score (nSPS) is 14.9. The van der Waals surface area contributed by atoms with E-state index in [0.29, 0.717) is 0 Å². The van der Waals surface area contributed by atoms with Gasteiger partial charge in [0.2, 0.25) is 0 Å². The summed E-state index contributed by atoms with van der Waals surface area (Å²) in [6.45, 7) is 12.2. The van der Waals surface area contributed by atoms with Gasteiger partial charge in [-0.3, -0.25) is 4.57 Å². The van der Waals surface area contributed by atoms with Gasteiger partial charge in [0.15, 0.2) is 0 Å². The van der Waals surface area contributed by atoms with Crippen molar-refractivity contribution in [1.82, 2.24) is 0 Å². The van der Waals surface area contributed by atoms with Crippen LogP contribution in [-0.2, 0) is 4.57 Å². The lowest BCUT2D eigenvalue weighted by Crippen LogP contribution is -2.35. The molecule has 3 nitrogen and oxygen atoms in total. The van der Waals surface area contributed by atoms with Gasteiger partial charge >= 0.3 is 7.60 Å². The Morgan fingerprint density at radius 1 is 1.00 bits per heavy atom. The van der Waals surface area contributed by atoms with E-state index < -0.39 is 7.60 Å². The van der Waals surface area contributed by atoms with Gasteiger partial charge in [-0.2, -0.15) is 0 Å². The van der Waals surface area contributed by atoms with Crippen LogP contribution >= 0.6 is 7.60 Å². The first-order valence-corrected chi connectivity index (χ1v) is 6.68. The predicted molar refractivity (Wildman–Crippen MR) is 59.3 cm³/mol. The van der Waals surface area contributed by atoms with Gasteiger partial charge < -0.3 is 9.79 Å². The van der Waals surface area contributed by atoms with Gasteiger partial charge in [0.05, 0.1) is 6.16 Å². The number of rotatable bonds is 2. The van der Waals surface area contributed by atoms with Gasteiger partial charge in [-0.25, -0.2) is 0 Å². The van der Waals surface area contributed by atoms with Crippen LogP contribution in [0.1, 0.15) is 41.5 Å². The monoisotopic (exact) mass is 222 g/mol. The molecule has 0 aliphatic rings. The molecular formula is C10H23O3P. The molecule has 0 aromatic carbocycles. The number of hydrogen-bond acceptors (Lipinski definition) is 1. The topological polar surface area (TPSA) is 57.5 Å². The molecule has 0 atom stereocenters. The van der Waals surface area contributed by atoms with Crippen molar-refractivity contribution in [1.29, 1.82) is 0 Å². The molecule has 0 unspecified atom stereocenters. The Morgan fingerprint density at radius 3 is 1.36 bits per heavy atom. The minimum atomic E-state index is -3.91. The van der Waals surface area contributed by atoms with Crippen LogP contribution in [0.2, 0.25) is 0 Å². The van der Waals surface area contributed by atoms with Crippen LogP contribution in [0.4, 0.5) is 0 Å². The van der Waals surface area contributed by atoms with Crippen LogP contribution in [0, 0.1) is 16.7 Å². The Balaban J connectivity index is 4.87. The third-order valence-corrected chi connectivity index (χ3v) is 3.35. The van der Waals surface area contributed by atoms with E-state index in [0.717, 1.165) is 0 Å². The average Bonchev–Trinajstić information content (AvgIpc) is 1.75. The molecule has 0 aliphatic carbocycles. The van der Waals surface area contributed by atoms with Gasteiger partial charge in [0.25, 0.3) is 0 Å². The van der Waals surface area contributed by atoms with Crippen LogP contribution in [0.15, 0.2) is 0 Å². The molecule has 0 spiro atoms. The molecule has 14 heavy (non-hydrogen) atoms. The van der Waals surface area contributed by atoms with Crippen molar-refractivity contribution in [3.05, 3.63) is 0 Å². The van der Waals surface area contributed by atoms with E-state index in [1.807, 2.05) is 41.5 Å². The smallest absolute Gasteiger partial charge is 0.324 e. The van der Waals surface area contributed by atoms with Crippen molar-refractivity contribution >= 4 is 7.60 Å². The molecule has 4 heteroatoms. The fraction of sp³-hybridized carbons (Fsp3) is 1.00. The highest BCUT2D eigenvalue weighted by atomic mass is 31.2. The molecule has 86 valence electrons. The van der Waals surface area contributed by atoms with Gasteiger partial charge in [-0.05, 0) is 16.7 Å². The van der Waals surface area contributed by atoms with Crippen molar-refractivity contribution in [3.63, 3.8) is 0 Å². The van der Waals surface area contributed by atoms with E-state index in [1.54, 1.807) is 0 Å². The molecule has 0 aromatic rings. The van der Waals surface area contributed by atoms with Gasteiger partial charge in [0.1, 0.15) is 0 Å². The third-order valence-electron chi connectivity index (χ3n) is 2.51. The van der Waals surface area contributed by atoms with Crippen LogP contribution in [-0.4, -0.2) is 15.9 Å². The summed E-state index contributed by atoms with van der Waals surface area (Å²) < 4.78 is 11.0. The highest BCUT2D eigenvalue weighted by Crippen LogP contribution is 2.49. The van der Waals surface area contributed by atoms with E-state index in [-0.39, 0.29) is 22.9 Å². The first-order valence-electron chi connectivity index (χ1n) is 4.88. The quantitative estimate of drug-likeness (QED) is 0.706. The second kappa shape index (κ2) is 3.96. The fourth-order valence-corrected chi connectivity index (χ4v) is 3.66. The summed E-state index contributed by atoms with van der Waals surface area (Å²) in [6, 6.07) is 0. The Morgan fingerprint density at radius 2 is 1.29 bits per heavy atom. The molecule has 0 fully saturated rings. The van der Waals surface area contributed by atoms with E-state index in [9.17, 15) is 4.57 Å². The molecule has 0 heterocycles. The maximum Gasteiger partial charge on any atom is 0.325 e. The van der Waals surface area contributed by atoms with Crippen molar-refractivity contribution in [2.45, 2.75) is 41.5 Å². The van der Waals surface area contributed by atoms with E-state index in [2.05, 4.69) is 0 Å². The maximum atomic E-state index is 11.0. The van der Waals surface area contributed by atoms with E-state index in [1.165, 1.54) is 0 Å². The third kappa shape index (κ3) is 5.14. The molecule has 0 saturated heterocycles. The van der Waals surface area contributed by atoms with Gasteiger partial charge in [0, 0.05) is 0 Å².